The predicted octanol–water partition coefficient (Wildman–Crippen LogP) is 14.1. The molecule has 0 saturated heterocycles. The summed E-state index contributed by atoms with van der Waals surface area (Å²) in [4.78, 5) is 14.9. The van der Waals surface area contributed by atoms with Crippen molar-refractivity contribution in [2.45, 2.75) is 0 Å². The minimum atomic E-state index is 0.625. The van der Waals surface area contributed by atoms with Gasteiger partial charge in [0.1, 0.15) is 11.2 Å². The molecule has 0 aliphatic rings. The molecule has 0 aliphatic heterocycles. The Labute approximate surface area is 327 Å². The number of thiophene rings is 1. The van der Waals surface area contributed by atoms with E-state index in [4.69, 9.17) is 19.4 Å². The molecule has 0 unspecified atom stereocenters. The van der Waals surface area contributed by atoms with Crippen LogP contribution >= 0.6 is 11.3 Å². The second kappa shape index (κ2) is 13.3. The average molecular weight is 734 g/mol. The van der Waals surface area contributed by atoms with Gasteiger partial charge in [-0.1, -0.05) is 152 Å². The Morgan fingerprint density at radius 1 is 0.321 bits per heavy atom. The summed E-state index contributed by atoms with van der Waals surface area (Å²) in [7, 11) is 0. The first kappa shape index (κ1) is 32.2. The Morgan fingerprint density at radius 3 is 1.55 bits per heavy atom. The molecule has 3 aromatic heterocycles. The Hall–Kier alpha value is -7.21. The van der Waals surface area contributed by atoms with Crippen molar-refractivity contribution in [3.63, 3.8) is 0 Å². The number of furan rings is 1. The topological polar surface area (TPSA) is 51.8 Å². The third-order valence-electron chi connectivity index (χ3n) is 10.5. The van der Waals surface area contributed by atoms with E-state index in [9.17, 15) is 0 Å². The molecule has 0 N–H and O–H groups in total. The van der Waals surface area contributed by atoms with E-state index in [2.05, 4.69) is 127 Å². The zero-order valence-electron chi connectivity index (χ0n) is 30.1. The van der Waals surface area contributed by atoms with E-state index >= 15 is 0 Å². The standard InChI is InChI=1S/C51H31N3OS/c1-4-13-32(14-5-1)39-22-12-24-45-48(39)42-28-26-36(31-46(42)56-45)35-25-27-41-44(30-35)55-43-23-11-21-40(47(41)43)37-19-10-20-38(29-37)51-53-49(33-15-6-2-7-16-33)52-50(54-51)34-17-8-3-9-18-34/h1-31H. The molecule has 0 amide bonds. The fourth-order valence-corrected chi connectivity index (χ4v) is 9.04. The van der Waals surface area contributed by atoms with Gasteiger partial charge in [0, 0.05) is 47.6 Å². The van der Waals surface area contributed by atoms with Crippen LogP contribution < -0.4 is 0 Å². The van der Waals surface area contributed by atoms with Crippen molar-refractivity contribution in [1.29, 1.82) is 0 Å². The third-order valence-corrected chi connectivity index (χ3v) is 11.7. The van der Waals surface area contributed by atoms with E-state index in [1.165, 1.54) is 36.9 Å². The summed E-state index contributed by atoms with van der Waals surface area (Å²) < 4.78 is 9.16. The highest BCUT2D eigenvalue weighted by atomic mass is 32.1. The molecule has 0 aliphatic carbocycles. The molecule has 11 aromatic rings. The van der Waals surface area contributed by atoms with Gasteiger partial charge in [-0.05, 0) is 69.8 Å². The Balaban J connectivity index is 0.989. The molecule has 0 spiro atoms. The fourth-order valence-electron chi connectivity index (χ4n) is 7.87. The normalized spacial score (nSPS) is 11.6. The van der Waals surface area contributed by atoms with E-state index in [1.54, 1.807) is 0 Å². The summed E-state index contributed by atoms with van der Waals surface area (Å²) in [5.74, 6) is 1.91. The van der Waals surface area contributed by atoms with Gasteiger partial charge >= 0.3 is 0 Å². The lowest BCUT2D eigenvalue weighted by molar-refractivity contribution is 0.669. The molecule has 0 radical (unpaired) electrons. The van der Waals surface area contributed by atoms with Crippen LogP contribution in [0.15, 0.2) is 192 Å². The molecular weight excluding hydrogens is 703 g/mol. The number of aromatic nitrogens is 3. The zero-order chi connectivity index (χ0) is 37.0. The van der Waals surface area contributed by atoms with Crippen molar-refractivity contribution in [3.8, 4) is 67.5 Å². The summed E-state index contributed by atoms with van der Waals surface area (Å²) >= 11 is 1.85. The SMILES string of the molecule is c1ccc(-c2nc(-c3ccccc3)nc(-c3cccc(-c4cccc5oc6cc(-c7ccc8c(c7)sc7cccc(-c9ccccc9)c78)ccc6c45)c3)n2)cc1. The Bertz CT molecular complexity index is 3180. The number of benzene rings is 8. The first-order valence-electron chi connectivity index (χ1n) is 18.7. The van der Waals surface area contributed by atoms with Crippen molar-refractivity contribution < 1.29 is 4.42 Å². The second-order valence-corrected chi connectivity index (χ2v) is 15.1. The number of fused-ring (bicyclic) bond motifs is 6. The quantitative estimate of drug-likeness (QED) is 0.171. The molecule has 5 heteroatoms. The average Bonchev–Trinajstić information content (AvgIpc) is 3.85. The molecule has 0 saturated carbocycles. The van der Waals surface area contributed by atoms with Gasteiger partial charge in [-0.25, -0.2) is 15.0 Å². The maximum absolute atomic E-state index is 6.59. The van der Waals surface area contributed by atoms with Gasteiger partial charge in [0.05, 0.1) is 0 Å². The van der Waals surface area contributed by atoms with Crippen LogP contribution in [0.4, 0.5) is 0 Å². The smallest absolute Gasteiger partial charge is 0.164 e. The van der Waals surface area contributed by atoms with Crippen LogP contribution in [0.25, 0.3) is 110 Å². The van der Waals surface area contributed by atoms with E-state index in [0.717, 1.165) is 55.3 Å². The summed E-state index contributed by atoms with van der Waals surface area (Å²) in [5.41, 5.74) is 11.5. The highest BCUT2D eigenvalue weighted by Gasteiger charge is 2.17. The van der Waals surface area contributed by atoms with Gasteiger partial charge in [0.15, 0.2) is 17.5 Å². The summed E-state index contributed by atoms with van der Waals surface area (Å²) in [6.45, 7) is 0. The molecule has 0 atom stereocenters. The van der Waals surface area contributed by atoms with Crippen molar-refractivity contribution >= 4 is 53.4 Å². The maximum atomic E-state index is 6.59. The van der Waals surface area contributed by atoms with Gasteiger partial charge in [-0.15, -0.1) is 11.3 Å². The molecule has 56 heavy (non-hydrogen) atoms. The Kier molecular flexibility index (Phi) is 7.64. The monoisotopic (exact) mass is 733 g/mol. The summed E-state index contributed by atoms with van der Waals surface area (Å²) in [5, 5.41) is 4.77. The number of hydrogen-bond acceptors (Lipinski definition) is 5. The molecule has 0 fully saturated rings. The lowest BCUT2D eigenvalue weighted by atomic mass is 9.96. The Morgan fingerprint density at radius 2 is 0.857 bits per heavy atom. The minimum Gasteiger partial charge on any atom is -0.456 e. The highest BCUT2D eigenvalue weighted by molar-refractivity contribution is 7.26. The van der Waals surface area contributed by atoms with E-state index in [0.29, 0.717) is 17.5 Å². The number of hydrogen-bond donors (Lipinski definition) is 0. The van der Waals surface area contributed by atoms with E-state index < -0.39 is 0 Å². The summed E-state index contributed by atoms with van der Waals surface area (Å²) in [6, 6.07) is 65.6. The third kappa shape index (κ3) is 5.56. The van der Waals surface area contributed by atoms with Crippen LogP contribution in [0, 0.1) is 0 Å². The number of nitrogens with zero attached hydrogens (tertiary/aromatic N) is 3. The molecule has 3 heterocycles. The van der Waals surface area contributed by atoms with Crippen LogP contribution in [0.5, 0.6) is 0 Å². The van der Waals surface area contributed by atoms with Gasteiger partial charge in [-0.3, -0.25) is 0 Å². The lowest BCUT2D eigenvalue weighted by Gasteiger charge is -2.10. The van der Waals surface area contributed by atoms with Gasteiger partial charge < -0.3 is 4.42 Å². The molecule has 262 valence electrons. The molecule has 8 aromatic carbocycles. The van der Waals surface area contributed by atoms with Crippen LogP contribution in [0.1, 0.15) is 0 Å². The van der Waals surface area contributed by atoms with Crippen LogP contribution in [-0.2, 0) is 0 Å². The molecule has 4 nitrogen and oxygen atoms in total. The first-order valence-corrected chi connectivity index (χ1v) is 19.5. The van der Waals surface area contributed by atoms with Crippen molar-refractivity contribution in [2.75, 3.05) is 0 Å². The maximum Gasteiger partial charge on any atom is 0.164 e. The largest absolute Gasteiger partial charge is 0.456 e. The number of rotatable bonds is 6. The predicted molar refractivity (Wildman–Crippen MR) is 233 cm³/mol. The highest BCUT2D eigenvalue weighted by Crippen LogP contribution is 2.43. The summed E-state index contributed by atoms with van der Waals surface area (Å²) in [6.07, 6.45) is 0. The molecule has 0 bridgehead atoms. The van der Waals surface area contributed by atoms with Crippen LogP contribution in [0.3, 0.4) is 0 Å². The van der Waals surface area contributed by atoms with E-state index in [-0.39, 0.29) is 0 Å². The molecular formula is C51H31N3OS. The molecule has 11 rings (SSSR count). The second-order valence-electron chi connectivity index (χ2n) is 14.0. The van der Waals surface area contributed by atoms with Crippen molar-refractivity contribution in [1.82, 2.24) is 15.0 Å². The minimum absolute atomic E-state index is 0.625. The van der Waals surface area contributed by atoms with Crippen molar-refractivity contribution in [3.05, 3.63) is 188 Å². The zero-order valence-corrected chi connectivity index (χ0v) is 30.9. The van der Waals surface area contributed by atoms with Gasteiger partial charge in [0.25, 0.3) is 0 Å². The van der Waals surface area contributed by atoms with Gasteiger partial charge in [-0.2, -0.15) is 0 Å². The first-order chi connectivity index (χ1) is 27.7. The van der Waals surface area contributed by atoms with Gasteiger partial charge in [0.2, 0.25) is 0 Å². The van der Waals surface area contributed by atoms with Crippen molar-refractivity contribution in [2.24, 2.45) is 0 Å². The lowest BCUT2D eigenvalue weighted by Crippen LogP contribution is -2.00. The van der Waals surface area contributed by atoms with Crippen LogP contribution in [0.2, 0.25) is 0 Å². The van der Waals surface area contributed by atoms with Crippen LogP contribution in [-0.4, -0.2) is 15.0 Å². The van der Waals surface area contributed by atoms with E-state index in [1.807, 2.05) is 72.0 Å². The fraction of sp³-hybridized carbons (Fsp3) is 0.